The van der Waals surface area contributed by atoms with Crippen LogP contribution in [0.25, 0.3) is 0 Å². The van der Waals surface area contributed by atoms with E-state index in [0.29, 0.717) is 23.7 Å². The number of aromatic nitrogens is 1. The van der Waals surface area contributed by atoms with Gasteiger partial charge in [-0.3, -0.25) is 4.90 Å². The summed E-state index contributed by atoms with van der Waals surface area (Å²) in [7, 11) is 0. The molecule has 1 unspecified atom stereocenters. The summed E-state index contributed by atoms with van der Waals surface area (Å²) in [5.41, 5.74) is 2.04. The number of halogens is 1. The summed E-state index contributed by atoms with van der Waals surface area (Å²) in [6.45, 7) is 10.6. The SMILES string of the molecule is CC(C)N(CCOC(c1cnc(NC2(c3ccc4c(c3)OCO4)CC2)s1)c1ccccc1Cl)C(C)C. The zero-order valence-corrected chi connectivity index (χ0v) is 22.9. The monoisotopic (exact) mass is 527 g/mol. The van der Waals surface area contributed by atoms with Crippen molar-refractivity contribution in [2.45, 2.75) is 64.3 Å². The van der Waals surface area contributed by atoms with E-state index < -0.39 is 0 Å². The van der Waals surface area contributed by atoms with Crippen molar-refractivity contribution in [1.29, 1.82) is 0 Å². The van der Waals surface area contributed by atoms with Gasteiger partial charge in [0.15, 0.2) is 16.6 Å². The van der Waals surface area contributed by atoms with Crippen LogP contribution in [0.1, 0.15) is 62.6 Å². The first-order valence-electron chi connectivity index (χ1n) is 12.6. The second-order valence-electron chi connectivity index (χ2n) is 10.0. The summed E-state index contributed by atoms with van der Waals surface area (Å²) in [6.07, 6.45) is 3.74. The molecular weight excluding hydrogens is 494 g/mol. The van der Waals surface area contributed by atoms with Gasteiger partial charge in [-0.2, -0.15) is 0 Å². The third-order valence-electron chi connectivity index (χ3n) is 6.95. The maximum atomic E-state index is 6.62. The van der Waals surface area contributed by atoms with Gasteiger partial charge in [0.1, 0.15) is 6.10 Å². The number of thiazole rings is 1. The fourth-order valence-electron chi connectivity index (χ4n) is 4.88. The van der Waals surface area contributed by atoms with Gasteiger partial charge in [0.25, 0.3) is 0 Å². The second kappa shape index (κ2) is 10.6. The van der Waals surface area contributed by atoms with E-state index in [1.807, 2.05) is 36.5 Å². The molecule has 2 aromatic carbocycles. The van der Waals surface area contributed by atoms with Gasteiger partial charge >= 0.3 is 0 Å². The molecule has 36 heavy (non-hydrogen) atoms. The van der Waals surface area contributed by atoms with Crippen molar-refractivity contribution in [3.05, 3.63) is 69.7 Å². The Hall–Kier alpha value is -2.32. The average Bonchev–Trinajstić information content (AvgIpc) is 3.24. The molecule has 2 aliphatic rings. The molecule has 6 nitrogen and oxygen atoms in total. The van der Waals surface area contributed by atoms with E-state index in [1.165, 1.54) is 5.56 Å². The Bertz CT molecular complexity index is 1190. The van der Waals surface area contributed by atoms with Gasteiger partial charge in [-0.15, -0.1) is 0 Å². The van der Waals surface area contributed by atoms with E-state index >= 15 is 0 Å². The molecule has 1 aliphatic heterocycles. The number of anilines is 1. The Balaban J connectivity index is 1.34. The minimum Gasteiger partial charge on any atom is -0.454 e. The smallest absolute Gasteiger partial charge is 0.231 e. The number of nitrogens with zero attached hydrogens (tertiary/aromatic N) is 2. The van der Waals surface area contributed by atoms with Crippen molar-refractivity contribution < 1.29 is 14.2 Å². The Morgan fingerprint density at radius 2 is 1.83 bits per heavy atom. The number of rotatable bonds is 11. The molecule has 0 radical (unpaired) electrons. The zero-order valence-electron chi connectivity index (χ0n) is 21.3. The van der Waals surface area contributed by atoms with Gasteiger partial charge in [-0.05, 0) is 64.3 Å². The Morgan fingerprint density at radius 3 is 2.56 bits per heavy atom. The topological polar surface area (TPSA) is 55.9 Å². The van der Waals surface area contributed by atoms with E-state index in [2.05, 4.69) is 50.0 Å². The molecule has 192 valence electrons. The molecule has 1 N–H and O–H groups in total. The van der Waals surface area contributed by atoms with Crippen molar-refractivity contribution in [2.75, 3.05) is 25.3 Å². The fourth-order valence-corrected chi connectivity index (χ4v) is 6.09. The fraction of sp³-hybridized carbons (Fsp3) is 0.464. The lowest BCUT2D eigenvalue weighted by Crippen LogP contribution is -2.39. The van der Waals surface area contributed by atoms with Crippen LogP contribution < -0.4 is 14.8 Å². The highest BCUT2D eigenvalue weighted by Gasteiger charge is 2.45. The number of fused-ring (bicyclic) bond motifs is 1. The van der Waals surface area contributed by atoms with E-state index in [1.54, 1.807) is 11.3 Å². The number of ether oxygens (including phenoxy) is 3. The third kappa shape index (κ3) is 5.35. The molecule has 8 heteroatoms. The predicted octanol–water partition coefficient (Wildman–Crippen LogP) is 6.85. The lowest BCUT2D eigenvalue weighted by atomic mass is 10.0. The van der Waals surface area contributed by atoms with Gasteiger partial charge < -0.3 is 19.5 Å². The van der Waals surface area contributed by atoms with Crippen LogP contribution in [0.3, 0.4) is 0 Å². The molecule has 1 aliphatic carbocycles. The normalized spacial score (nSPS) is 16.7. The molecule has 1 atom stereocenters. The van der Waals surface area contributed by atoms with Crippen LogP contribution in [0.15, 0.2) is 48.7 Å². The summed E-state index contributed by atoms with van der Waals surface area (Å²) in [5.74, 6) is 1.61. The van der Waals surface area contributed by atoms with E-state index in [0.717, 1.165) is 46.5 Å². The van der Waals surface area contributed by atoms with Crippen LogP contribution in [0.5, 0.6) is 11.5 Å². The lowest BCUT2D eigenvalue weighted by Gasteiger charge is -2.31. The largest absolute Gasteiger partial charge is 0.454 e. The van der Waals surface area contributed by atoms with Crippen molar-refractivity contribution in [3.63, 3.8) is 0 Å². The highest BCUT2D eigenvalue weighted by Crippen LogP contribution is 2.51. The van der Waals surface area contributed by atoms with Crippen molar-refractivity contribution in [2.24, 2.45) is 0 Å². The summed E-state index contributed by atoms with van der Waals surface area (Å²) >= 11 is 8.24. The first-order chi connectivity index (χ1) is 17.4. The van der Waals surface area contributed by atoms with Crippen LogP contribution >= 0.6 is 22.9 Å². The summed E-state index contributed by atoms with van der Waals surface area (Å²) in [5, 5.41) is 5.28. The van der Waals surface area contributed by atoms with Gasteiger partial charge in [0, 0.05) is 35.4 Å². The molecule has 0 bridgehead atoms. The van der Waals surface area contributed by atoms with Crippen LogP contribution in [-0.2, 0) is 10.3 Å². The number of hydrogen-bond donors (Lipinski definition) is 1. The van der Waals surface area contributed by atoms with E-state index in [4.69, 9.17) is 30.8 Å². The predicted molar refractivity (Wildman–Crippen MR) is 145 cm³/mol. The third-order valence-corrected chi connectivity index (χ3v) is 8.25. The molecule has 0 amide bonds. The number of hydrogen-bond acceptors (Lipinski definition) is 7. The molecule has 1 saturated carbocycles. The van der Waals surface area contributed by atoms with Gasteiger partial charge in [-0.25, -0.2) is 4.98 Å². The Kier molecular flexibility index (Phi) is 7.45. The number of nitrogens with one attached hydrogen (secondary N) is 1. The molecule has 1 fully saturated rings. The highest BCUT2D eigenvalue weighted by atomic mass is 35.5. The molecule has 1 aromatic heterocycles. The maximum absolute atomic E-state index is 6.62. The maximum Gasteiger partial charge on any atom is 0.231 e. The van der Waals surface area contributed by atoms with E-state index in [9.17, 15) is 0 Å². The summed E-state index contributed by atoms with van der Waals surface area (Å²) < 4.78 is 17.6. The Labute approximate surface area is 222 Å². The standard InChI is InChI=1S/C28H34ClN3O3S/c1-18(2)32(19(3)4)13-14-33-26(21-7-5-6-8-22(21)29)25-16-30-27(36-25)31-28(11-12-28)20-9-10-23-24(15-20)35-17-34-23/h5-10,15-16,18-19,26H,11-14,17H2,1-4H3,(H,30,31). The first-order valence-corrected chi connectivity index (χ1v) is 13.8. The van der Waals surface area contributed by atoms with Crippen LogP contribution in [-0.4, -0.2) is 41.9 Å². The molecule has 0 spiro atoms. The van der Waals surface area contributed by atoms with Crippen molar-refractivity contribution >= 4 is 28.1 Å². The van der Waals surface area contributed by atoms with Gasteiger partial charge in [0.2, 0.25) is 6.79 Å². The molecule has 0 saturated heterocycles. The zero-order chi connectivity index (χ0) is 25.3. The molecule has 3 aromatic rings. The average molecular weight is 528 g/mol. The van der Waals surface area contributed by atoms with E-state index in [-0.39, 0.29) is 18.4 Å². The molecule has 5 rings (SSSR count). The number of benzene rings is 2. The summed E-state index contributed by atoms with van der Waals surface area (Å²) in [4.78, 5) is 8.20. The van der Waals surface area contributed by atoms with Gasteiger partial charge in [0.05, 0.1) is 17.0 Å². The van der Waals surface area contributed by atoms with Crippen LogP contribution in [0.4, 0.5) is 5.13 Å². The van der Waals surface area contributed by atoms with Crippen LogP contribution in [0.2, 0.25) is 5.02 Å². The molecule has 2 heterocycles. The van der Waals surface area contributed by atoms with Gasteiger partial charge in [-0.1, -0.05) is 47.2 Å². The quantitative estimate of drug-likeness (QED) is 0.294. The summed E-state index contributed by atoms with van der Waals surface area (Å²) in [6, 6.07) is 15.0. The lowest BCUT2D eigenvalue weighted by molar-refractivity contribution is 0.0456. The van der Waals surface area contributed by atoms with Crippen LogP contribution in [0, 0.1) is 0 Å². The minimum atomic E-state index is -0.270. The highest BCUT2D eigenvalue weighted by molar-refractivity contribution is 7.15. The Morgan fingerprint density at radius 1 is 1.08 bits per heavy atom. The molecular formula is C28H34ClN3O3S. The minimum absolute atomic E-state index is 0.119. The van der Waals surface area contributed by atoms with Crippen molar-refractivity contribution in [1.82, 2.24) is 9.88 Å². The van der Waals surface area contributed by atoms with Crippen molar-refractivity contribution in [3.8, 4) is 11.5 Å². The second-order valence-corrected chi connectivity index (χ2v) is 11.5. The first kappa shape index (κ1) is 25.3.